The van der Waals surface area contributed by atoms with Gasteiger partial charge in [-0.3, -0.25) is 0 Å². The second-order valence-corrected chi connectivity index (χ2v) is 11.1. The van der Waals surface area contributed by atoms with Crippen molar-refractivity contribution in [2.45, 2.75) is 47.6 Å². The van der Waals surface area contributed by atoms with Gasteiger partial charge >= 0.3 is 162 Å². The Balaban J connectivity index is 2.22. The maximum atomic E-state index is 13.2. The topological polar surface area (TPSA) is 34.1 Å². The van der Waals surface area contributed by atoms with Gasteiger partial charge in [0.05, 0.1) is 0 Å². The Morgan fingerprint density at radius 1 is 1.12 bits per heavy atom. The molecule has 0 bridgehead atoms. The third-order valence-electron chi connectivity index (χ3n) is 4.41. The van der Waals surface area contributed by atoms with Crippen LogP contribution in [0.5, 0.6) is 0 Å². The summed E-state index contributed by atoms with van der Waals surface area (Å²) in [5.41, 5.74) is 2.09. The summed E-state index contributed by atoms with van der Waals surface area (Å²) in [6.45, 7) is -0.353. The summed E-state index contributed by atoms with van der Waals surface area (Å²) in [7, 11) is -3.77. The van der Waals surface area contributed by atoms with E-state index < -0.39 is 21.0 Å². The number of benzene rings is 2. The molecule has 3 rings (SSSR count). The summed E-state index contributed by atoms with van der Waals surface area (Å²) in [5.74, 6) is 0. The Labute approximate surface area is 161 Å². The van der Waals surface area contributed by atoms with Gasteiger partial charge in [0, 0.05) is 0 Å². The predicted octanol–water partition coefficient (Wildman–Crippen LogP) is 5.29. The van der Waals surface area contributed by atoms with Crippen LogP contribution < -0.4 is 0 Å². The number of hydrogen-bond donors (Lipinski definition) is 0. The van der Waals surface area contributed by atoms with E-state index in [-0.39, 0.29) is 19.9 Å². The van der Waals surface area contributed by atoms with E-state index in [0.717, 1.165) is 23.7 Å². The van der Waals surface area contributed by atoms with Crippen molar-refractivity contribution in [3.63, 3.8) is 0 Å². The van der Waals surface area contributed by atoms with Crippen molar-refractivity contribution in [2.75, 3.05) is 0 Å². The van der Waals surface area contributed by atoms with Crippen molar-refractivity contribution in [1.29, 1.82) is 0 Å². The molecule has 25 heavy (non-hydrogen) atoms. The molecule has 2 aromatic rings. The van der Waals surface area contributed by atoms with E-state index in [0.29, 0.717) is 17.6 Å². The summed E-state index contributed by atoms with van der Waals surface area (Å²) in [6.07, 6.45) is 2.30. The first-order chi connectivity index (χ1) is 13.2. The molecule has 1 aliphatic rings. The van der Waals surface area contributed by atoms with Gasteiger partial charge in [-0.25, -0.2) is 0 Å². The standard InChI is InChI=1S/C21H24O2SSe/c1-17-10-12-19(13-11-17)24(22,23)16-20(18-8-4-3-5-9-18)21(2)14-6-7-15-25-21/h3-5,8-13,16H,6-7,14-15H2,1-2H3/i2D3. The van der Waals surface area contributed by atoms with Crippen LogP contribution in [0.4, 0.5) is 0 Å². The van der Waals surface area contributed by atoms with E-state index in [1.165, 1.54) is 5.41 Å². The van der Waals surface area contributed by atoms with Crippen molar-refractivity contribution >= 4 is 30.4 Å². The molecule has 0 spiro atoms. The van der Waals surface area contributed by atoms with E-state index in [2.05, 4.69) is 0 Å². The van der Waals surface area contributed by atoms with Gasteiger partial charge in [0.1, 0.15) is 0 Å². The normalized spacial score (nSPS) is 24.2. The molecule has 2 aromatic carbocycles. The monoisotopic (exact) mass is 423 g/mol. The van der Waals surface area contributed by atoms with Crippen LogP contribution in [-0.2, 0) is 9.84 Å². The first kappa shape index (κ1) is 14.8. The SMILES string of the molecule is [2H]C([2H])([2H])C1(C(=CS(=O)(=O)c2ccc(C)cc2)c2ccccc2)CCCC[Se]1. The van der Waals surface area contributed by atoms with Crippen LogP contribution in [0.3, 0.4) is 0 Å². The Morgan fingerprint density at radius 3 is 2.44 bits per heavy atom. The van der Waals surface area contributed by atoms with Crippen LogP contribution >= 0.6 is 0 Å². The minimum atomic E-state index is -3.77. The first-order valence-electron chi connectivity index (χ1n) is 9.89. The van der Waals surface area contributed by atoms with Gasteiger partial charge in [0.2, 0.25) is 0 Å². The van der Waals surface area contributed by atoms with Crippen molar-refractivity contribution in [1.82, 2.24) is 0 Å². The van der Waals surface area contributed by atoms with Crippen molar-refractivity contribution < 1.29 is 12.5 Å². The molecule has 0 radical (unpaired) electrons. The number of hydrogen-bond acceptors (Lipinski definition) is 2. The molecule has 0 aliphatic carbocycles. The summed E-state index contributed by atoms with van der Waals surface area (Å²) in [5, 5.41) is 2.08. The van der Waals surface area contributed by atoms with Gasteiger partial charge in [-0.15, -0.1) is 0 Å². The molecule has 0 saturated carbocycles. The molecule has 0 N–H and O–H groups in total. The average molecular weight is 422 g/mol. The minimum absolute atomic E-state index is 0.190. The molecule has 2 nitrogen and oxygen atoms in total. The van der Waals surface area contributed by atoms with E-state index >= 15 is 0 Å². The third kappa shape index (κ3) is 4.25. The molecular weight excluding hydrogens is 395 g/mol. The molecule has 1 fully saturated rings. The predicted molar refractivity (Wildman–Crippen MR) is 106 cm³/mol. The molecule has 1 atom stereocenters. The van der Waals surface area contributed by atoms with Crippen LogP contribution in [0, 0.1) is 6.92 Å². The maximum absolute atomic E-state index is 13.2. The Morgan fingerprint density at radius 2 is 1.84 bits per heavy atom. The van der Waals surface area contributed by atoms with Crippen LogP contribution in [0.25, 0.3) is 5.57 Å². The molecule has 1 unspecified atom stereocenters. The van der Waals surface area contributed by atoms with Gasteiger partial charge in [-0.1, -0.05) is 0 Å². The van der Waals surface area contributed by atoms with Crippen LogP contribution in [-0.4, -0.2) is 23.4 Å². The molecule has 1 saturated heterocycles. The number of rotatable bonds is 4. The summed E-state index contributed by atoms with van der Waals surface area (Å²) >= 11 is -0.207. The Bertz CT molecular complexity index is 943. The van der Waals surface area contributed by atoms with Gasteiger partial charge < -0.3 is 0 Å². The summed E-state index contributed by atoms with van der Waals surface area (Å²) in [6, 6.07) is 15.8. The Kier molecular flexibility index (Phi) is 4.43. The molecule has 1 aliphatic heterocycles. The van der Waals surface area contributed by atoms with Crippen molar-refractivity contribution in [3.8, 4) is 0 Å². The van der Waals surface area contributed by atoms with E-state index in [1.54, 1.807) is 24.3 Å². The second-order valence-electron chi connectivity index (χ2n) is 6.39. The molecule has 4 heteroatoms. The van der Waals surface area contributed by atoms with Crippen LogP contribution in [0.15, 0.2) is 64.9 Å². The van der Waals surface area contributed by atoms with Crippen LogP contribution in [0.1, 0.15) is 41.4 Å². The fourth-order valence-electron chi connectivity index (χ4n) is 2.97. The zero-order valence-corrected chi connectivity index (χ0v) is 16.8. The first-order valence-corrected chi connectivity index (χ1v) is 12.0. The Hall–Kier alpha value is -1.35. The quantitative estimate of drug-likeness (QED) is 0.627. The number of sulfone groups is 1. The molecular formula is C21H24O2SSe. The van der Waals surface area contributed by atoms with E-state index in [4.69, 9.17) is 4.11 Å². The number of aryl methyl sites for hydroxylation is 1. The summed E-state index contributed by atoms with van der Waals surface area (Å²) < 4.78 is 50.2. The molecule has 132 valence electrons. The van der Waals surface area contributed by atoms with Crippen LogP contribution in [0.2, 0.25) is 9.63 Å². The molecule has 0 aromatic heterocycles. The van der Waals surface area contributed by atoms with E-state index in [9.17, 15) is 8.42 Å². The number of allylic oxidation sites excluding steroid dienone is 1. The fourth-order valence-corrected chi connectivity index (χ4v) is 7.20. The van der Waals surface area contributed by atoms with Gasteiger partial charge in [0.15, 0.2) is 0 Å². The molecule has 1 heterocycles. The fraction of sp³-hybridized carbons (Fsp3) is 0.333. The zero-order chi connectivity index (χ0) is 20.4. The van der Waals surface area contributed by atoms with Crippen molar-refractivity contribution in [2.24, 2.45) is 0 Å². The van der Waals surface area contributed by atoms with Gasteiger partial charge in [0.25, 0.3) is 0 Å². The second kappa shape index (κ2) is 7.49. The van der Waals surface area contributed by atoms with Gasteiger partial charge in [-0.05, 0) is 0 Å². The summed E-state index contributed by atoms with van der Waals surface area (Å²) in [4.78, 5) is 0.190. The van der Waals surface area contributed by atoms with E-state index in [1.807, 2.05) is 37.3 Å². The van der Waals surface area contributed by atoms with Gasteiger partial charge in [-0.2, -0.15) is 0 Å². The zero-order valence-electron chi connectivity index (χ0n) is 17.2. The third-order valence-corrected chi connectivity index (χ3v) is 8.85. The van der Waals surface area contributed by atoms with Crippen molar-refractivity contribution in [3.05, 3.63) is 71.1 Å². The molecule has 0 amide bonds. The average Bonchev–Trinajstić information content (AvgIpc) is 2.67.